The molecule has 17 nitrogen and oxygen atoms in total. The van der Waals surface area contributed by atoms with Gasteiger partial charge < -0.3 is 41.2 Å². The third kappa shape index (κ3) is 6.82. The Morgan fingerprint density at radius 3 is 2.71 bits per heavy atom. The number of aromatic nitrogens is 4. The Hall–Kier alpha value is -5.89. The lowest BCUT2D eigenvalue weighted by atomic mass is 10.0. The third-order valence-corrected chi connectivity index (χ3v) is 10.0. The largest absolute Gasteiger partial charge is 0.543 e. The van der Waals surface area contributed by atoms with Crippen LogP contribution in [-0.2, 0) is 37.1 Å². The molecule has 20 heteroatoms. The van der Waals surface area contributed by atoms with E-state index >= 15 is 0 Å². The molecule has 4 aromatic rings. The zero-order valence-corrected chi connectivity index (χ0v) is 28.5. The van der Waals surface area contributed by atoms with Crippen LogP contribution in [0.15, 0.2) is 65.3 Å². The van der Waals surface area contributed by atoms with Gasteiger partial charge in [0, 0.05) is 46.2 Å². The zero-order valence-electron chi connectivity index (χ0n) is 26.8. The number of thioether (sulfide) groups is 1. The van der Waals surface area contributed by atoms with Gasteiger partial charge >= 0.3 is 5.97 Å². The van der Waals surface area contributed by atoms with Crippen molar-refractivity contribution in [2.75, 3.05) is 11.5 Å². The molecular weight excluding hydrogens is 708 g/mol. The molecule has 5 heterocycles. The predicted octanol–water partition coefficient (Wildman–Crippen LogP) is -0.478. The Balaban J connectivity index is 1.18. The molecule has 2 atom stereocenters. The molecule has 0 bridgehead atoms. The number of pyridine rings is 1. The average Bonchev–Trinajstić information content (AvgIpc) is 3.69. The van der Waals surface area contributed by atoms with Crippen molar-refractivity contribution in [1.29, 1.82) is 5.41 Å². The van der Waals surface area contributed by atoms with Crippen molar-refractivity contribution < 1.29 is 43.2 Å². The molecule has 0 radical (unpaired) electrons. The van der Waals surface area contributed by atoms with E-state index in [0.29, 0.717) is 11.1 Å². The molecule has 2 aliphatic rings. The highest BCUT2D eigenvalue weighted by Gasteiger charge is 2.53. The fourth-order valence-corrected chi connectivity index (χ4v) is 7.16. The normalized spacial score (nSPS) is 17.6. The summed E-state index contributed by atoms with van der Waals surface area (Å²) in [6.45, 7) is 2.75. The van der Waals surface area contributed by atoms with Crippen LogP contribution in [0.4, 0.5) is 9.52 Å². The third-order valence-electron chi connectivity index (χ3n) is 8.12. The van der Waals surface area contributed by atoms with Gasteiger partial charge in [-0.1, -0.05) is 17.3 Å². The van der Waals surface area contributed by atoms with Gasteiger partial charge in [0.2, 0.25) is 17.1 Å². The van der Waals surface area contributed by atoms with Crippen LogP contribution < -0.4 is 26.5 Å². The number of anilines is 1. The van der Waals surface area contributed by atoms with E-state index < -0.39 is 52.3 Å². The molecule has 7 N–H and O–H groups in total. The first-order valence-electron chi connectivity index (χ1n) is 15.0. The lowest BCUT2D eigenvalue weighted by Crippen LogP contribution is -2.71. The first-order chi connectivity index (χ1) is 24.1. The van der Waals surface area contributed by atoms with E-state index in [1.807, 2.05) is 10.6 Å². The van der Waals surface area contributed by atoms with E-state index in [-0.39, 0.29) is 46.9 Å². The highest BCUT2D eigenvalue weighted by Crippen LogP contribution is 2.40. The van der Waals surface area contributed by atoms with Gasteiger partial charge in [-0.2, -0.15) is 9.36 Å². The van der Waals surface area contributed by atoms with Crippen molar-refractivity contribution in [3.63, 3.8) is 0 Å². The van der Waals surface area contributed by atoms with Crippen molar-refractivity contribution in [3.8, 4) is 0 Å². The molecule has 1 saturated heterocycles. The standard InChI is InChI=1S/C31H29FN10O7S2/c1-31(2,29(47)48)49-38-20(24-37-30(35)51-39-24)25(43)36-21-26(44)42-22(28(45)46)17(13-50-27(21)42)11-40-7-6-19-16(10-40)5-8-41(19)12-15-4-3-14(23(33)34)9-18(15)32/h3-10,21,27H,11-13H2,1-2H3,(H7-,33,34,35,36,37,39,43,45,46,47,48)/t21-,27-/m1/s1. The van der Waals surface area contributed by atoms with E-state index in [0.717, 1.165) is 27.3 Å². The number of carboxylic acids is 2. The topological polar surface area (TPSA) is 259 Å². The molecule has 2 aliphatic heterocycles. The Bertz CT molecular complexity index is 2200. The molecule has 51 heavy (non-hydrogen) atoms. The number of carbonyl (C=O) groups is 4. The number of amides is 2. The number of rotatable bonds is 12. The summed E-state index contributed by atoms with van der Waals surface area (Å²) in [5.41, 5.74) is 10.3. The number of oxime groups is 1. The molecule has 1 aromatic carbocycles. The van der Waals surface area contributed by atoms with Crippen LogP contribution in [0, 0.1) is 11.2 Å². The number of fused-ring (bicyclic) bond motifs is 2. The van der Waals surface area contributed by atoms with Crippen molar-refractivity contribution in [1.82, 2.24) is 24.1 Å². The second-order valence-corrected chi connectivity index (χ2v) is 13.9. The van der Waals surface area contributed by atoms with Crippen molar-refractivity contribution in [3.05, 3.63) is 83.0 Å². The molecule has 0 spiro atoms. The summed E-state index contributed by atoms with van der Waals surface area (Å²) in [4.78, 5) is 60.6. The minimum absolute atomic E-state index is 0.00437. The monoisotopic (exact) mass is 736 g/mol. The van der Waals surface area contributed by atoms with Gasteiger partial charge in [0.25, 0.3) is 11.8 Å². The SMILES string of the molecule is CC(C)(ON=C(C(=O)N[C@@H]1C(=O)N2C(C(=O)[O-])=C(C[n+]3ccc4c(ccn4Cc4ccc(C(=N)N)cc4F)c3)CS[C@H]12)c1nsc(N)n1)C(=O)O. The number of carbonyl (C=O) groups excluding carboxylic acids is 3. The van der Waals surface area contributed by atoms with Gasteiger partial charge in [0.1, 0.15) is 23.1 Å². The molecule has 6 rings (SSSR count). The van der Waals surface area contributed by atoms with Crippen LogP contribution in [0.3, 0.4) is 0 Å². The lowest BCUT2D eigenvalue weighted by Gasteiger charge is -2.50. The van der Waals surface area contributed by atoms with E-state index in [1.54, 1.807) is 41.4 Å². The first kappa shape index (κ1) is 35.0. The number of carboxylic acid groups (broad SMARTS) is 2. The fourth-order valence-electron chi connectivity index (χ4n) is 5.39. The van der Waals surface area contributed by atoms with Crippen LogP contribution in [0.5, 0.6) is 0 Å². The van der Waals surface area contributed by atoms with Crippen LogP contribution in [-0.4, -0.2) is 82.0 Å². The van der Waals surface area contributed by atoms with Crippen LogP contribution in [0.1, 0.15) is 30.8 Å². The molecule has 0 unspecified atom stereocenters. The van der Waals surface area contributed by atoms with Gasteiger partial charge in [-0.15, -0.1) is 11.8 Å². The zero-order chi connectivity index (χ0) is 36.8. The minimum atomic E-state index is -1.82. The Morgan fingerprint density at radius 2 is 2.06 bits per heavy atom. The summed E-state index contributed by atoms with van der Waals surface area (Å²) in [5.74, 6) is -5.39. The van der Waals surface area contributed by atoms with Crippen LogP contribution >= 0.6 is 23.3 Å². The number of β-lactam (4-membered cyclic amide) rings is 1. The van der Waals surface area contributed by atoms with Crippen LogP contribution in [0.2, 0.25) is 0 Å². The van der Waals surface area contributed by atoms with E-state index in [9.17, 15) is 33.8 Å². The number of amidine groups is 1. The summed E-state index contributed by atoms with van der Waals surface area (Å²) in [6.07, 6.45) is 5.33. The number of aliphatic carboxylic acids is 2. The van der Waals surface area contributed by atoms with Crippen molar-refractivity contribution in [2.24, 2.45) is 10.9 Å². The van der Waals surface area contributed by atoms with Gasteiger partial charge in [-0.25, -0.2) is 13.8 Å². The highest BCUT2D eigenvalue weighted by atomic mass is 32.2. The molecular formula is C31H29FN10O7S2. The summed E-state index contributed by atoms with van der Waals surface area (Å²) in [6, 6.07) is 6.85. The predicted molar refractivity (Wildman–Crippen MR) is 179 cm³/mol. The highest BCUT2D eigenvalue weighted by molar-refractivity contribution is 8.00. The second-order valence-electron chi connectivity index (χ2n) is 12.0. The maximum atomic E-state index is 14.7. The first-order valence-corrected chi connectivity index (χ1v) is 16.9. The van der Waals surface area contributed by atoms with Gasteiger partial charge in [-0.3, -0.25) is 19.9 Å². The smallest absolute Gasteiger partial charge is 0.350 e. The van der Waals surface area contributed by atoms with Gasteiger partial charge in [0.15, 0.2) is 24.1 Å². The number of benzene rings is 1. The summed E-state index contributed by atoms with van der Waals surface area (Å²) in [7, 11) is 0. The Morgan fingerprint density at radius 1 is 1.29 bits per heavy atom. The Labute approximate surface area is 296 Å². The average molecular weight is 737 g/mol. The summed E-state index contributed by atoms with van der Waals surface area (Å²) < 4.78 is 22.2. The molecule has 0 aliphatic carbocycles. The number of nitrogens with two attached hydrogens (primary N) is 2. The quantitative estimate of drug-likeness (QED) is 0.0406. The van der Waals surface area contributed by atoms with E-state index in [2.05, 4.69) is 19.8 Å². The molecule has 264 valence electrons. The molecule has 3 aromatic heterocycles. The lowest BCUT2D eigenvalue weighted by molar-refractivity contribution is -0.687. The number of nitrogens with zero attached hydrogens (tertiary/aromatic N) is 6. The number of hydrogen-bond acceptors (Lipinski definition) is 13. The van der Waals surface area contributed by atoms with Crippen molar-refractivity contribution in [2.45, 2.75) is 44.0 Å². The van der Waals surface area contributed by atoms with Crippen LogP contribution in [0.25, 0.3) is 10.9 Å². The van der Waals surface area contributed by atoms with Gasteiger partial charge in [0.05, 0.1) is 29.1 Å². The number of halogens is 1. The van der Waals surface area contributed by atoms with Gasteiger partial charge in [-0.05, 0) is 26.0 Å². The van der Waals surface area contributed by atoms with E-state index in [4.69, 9.17) is 21.7 Å². The maximum Gasteiger partial charge on any atom is 0.350 e. The summed E-state index contributed by atoms with van der Waals surface area (Å²) in [5, 5.41) is 35.4. The summed E-state index contributed by atoms with van der Waals surface area (Å²) >= 11 is 1.99. The fraction of sp³-hybridized carbons (Fsp3) is 0.258. The van der Waals surface area contributed by atoms with Crippen molar-refractivity contribution >= 4 is 74.6 Å². The van der Waals surface area contributed by atoms with E-state index in [1.165, 1.54) is 31.7 Å². The maximum absolute atomic E-state index is 14.7. The molecule has 1 fully saturated rings. The molecule has 2 amide bonds. The number of nitrogen functional groups attached to an aromatic ring is 2. The Kier molecular flexibility index (Phi) is 9.21. The number of nitrogens with one attached hydrogen (secondary N) is 2. The minimum Gasteiger partial charge on any atom is -0.543 e. The molecule has 0 saturated carbocycles. The number of hydrogen-bond donors (Lipinski definition) is 5. The second kappa shape index (κ2) is 13.4.